The molecule has 168 valence electrons. The summed E-state index contributed by atoms with van der Waals surface area (Å²) in [6.07, 6.45) is 0.446. The summed E-state index contributed by atoms with van der Waals surface area (Å²) in [5.41, 5.74) is -0.910. The molecule has 0 aromatic heterocycles. The molecular weight excluding hydrogens is 402 g/mol. The minimum atomic E-state index is -1.07. The molecule has 2 fully saturated rings. The van der Waals surface area contributed by atoms with Crippen molar-refractivity contribution in [3.63, 3.8) is 0 Å². The molecule has 0 aliphatic carbocycles. The van der Waals surface area contributed by atoms with Crippen LogP contribution in [0.2, 0.25) is 0 Å². The molecule has 2 aliphatic rings. The van der Waals surface area contributed by atoms with E-state index >= 15 is 0 Å². The average Bonchev–Trinajstić information content (AvgIpc) is 3.18. The predicted molar refractivity (Wildman–Crippen MR) is 111 cm³/mol. The Hall–Kier alpha value is -3.10. The first kappa shape index (κ1) is 22.6. The van der Waals surface area contributed by atoms with E-state index in [1.165, 1.54) is 16.9 Å². The summed E-state index contributed by atoms with van der Waals surface area (Å²) in [7, 11) is 1.27. The average molecular weight is 431 g/mol. The third-order valence-electron chi connectivity index (χ3n) is 5.54. The van der Waals surface area contributed by atoms with Gasteiger partial charge in [0.15, 0.2) is 0 Å². The van der Waals surface area contributed by atoms with E-state index in [1.807, 2.05) is 30.3 Å². The van der Waals surface area contributed by atoms with Crippen molar-refractivity contribution in [1.29, 1.82) is 0 Å². The van der Waals surface area contributed by atoms with Gasteiger partial charge in [0.25, 0.3) is 5.91 Å². The molecule has 0 unspecified atom stereocenters. The van der Waals surface area contributed by atoms with Gasteiger partial charge in [-0.25, -0.2) is 4.79 Å². The molecule has 2 heterocycles. The smallest absolute Gasteiger partial charge is 0.408 e. The van der Waals surface area contributed by atoms with E-state index in [2.05, 4.69) is 5.32 Å². The van der Waals surface area contributed by atoms with Crippen molar-refractivity contribution >= 4 is 23.9 Å². The molecule has 2 saturated heterocycles. The fourth-order valence-electron chi connectivity index (χ4n) is 4.38. The fraction of sp³-hybridized carbons (Fsp3) is 0.545. The summed E-state index contributed by atoms with van der Waals surface area (Å²) >= 11 is 0. The topological polar surface area (TPSA) is 105 Å². The van der Waals surface area contributed by atoms with E-state index in [0.29, 0.717) is 19.4 Å². The Balaban J connectivity index is 1.82. The number of rotatable bonds is 5. The molecule has 0 saturated carbocycles. The van der Waals surface area contributed by atoms with E-state index in [4.69, 9.17) is 9.47 Å². The van der Waals surface area contributed by atoms with Crippen molar-refractivity contribution in [1.82, 2.24) is 15.1 Å². The molecule has 0 radical (unpaired) electrons. The number of esters is 1. The molecule has 2 aliphatic heterocycles. The Bertz CT molecular complexity index is 866. The summed E-state index contributed by atoms with van der Waals surface area (Å²) in [5.74, 6) is -1.17. The number of methoxy groups -OCH3 is 1. The van der Waals surface area contributed by atoms with Gasteiger partial charge in [-0.15, -0.1) is 0 Å². The number of carbonyl (C=O) groups is 4. The molecule has 9 nitrogen and oxygen atoms in total. The highest BCUT2D eigenvalue weighted by Gasteiger charge is 2.67. The van der Waals surface area contributed by atoms with Gasteiger partial charge in [-0.3, -0.25) is 14.4 Å². The number of nitrogens with one attached hydrogen (secondary N) is 1. The van der Waals surface area contributed by atoms with Gasteiger partial charge in [-0.1, -0.05) is 30.3 Å². The van der Waals surface area contributed by atoms with E-state index in [1.54, 1.807) is 20.8 Å². The highest BCUT2D eigenvalue weighted by atomic mass is 16.6. The highest BCUT2D eigenvalue weighted by Crippen LogP contribution is 2.52. The van der Waals surface area contributed by atoms with Crippen LogP contribution >= 0.6 is 0 Å². The first-order chi connectivity index (χ1) is 14.6. The number of carbonyl (C=O) groups excluding carboxylic acids is 4. The van der Waals surface area contributed by atoms with Gasteiger partial charge in [-0.2, -0.15) is 0 Å². The van der Waals surface area contributed by atoms with Crippen LogP contribution in [0, 0.1) is 0 Å². The number of nitrogens with zero attached hydrogens (tertiary/aromatic N) is 2. The molecule has 1 N–H and O–H groups in total. The SMILES string of the molecule is COC(=O)CN1C(=O)[C@@]2(CCCN2C(=O)CNC(=O)OC(C)(C)C)[C@@H]1c1ccccc1. The Morgan fingerprint density at radius 2 is 1.87 bits per heavy atom. The zero-order chi connectivity index (χ0) is 22.8. The number of hydrogen-bond acceptors (Lipinski definition) is 6. The number of amides is 3. The second kappa shape index (κ2) is 8.56. The minimum absolute atomic E-state index is 0.186. The molecule has 31 heavy (non-hydrogen) atoms. The number of benzene rings is 1. The van der Waals surface area contributed by atoms with Crippen LogP contribution in [0.3, 0.4) is 0 Å². The van der Waals surface area contributed by atoms with Crippen LogP contribution < -0.4 is 5.32 Å². The third-order valence-corrected chi connectivity index (χ3v) is 5.54. The lowest BCUT2D eigenvalue weighted by molar-refractivity contribution is -0.182. The third kappa shape index (κ3) is 4.35. The molecular formula is C22H29N3O6. The molecule has 1 aromatic carbocycles. The highest BCUT2D eigenvalue weighted by molar-refractivity contribution is 6.01. The van der Waals surface area contributed by atoms with E-state index < -0.39 is 29.2 Å². The van der Waals surface area contributed by atoms with E-state index in [-0.39, 0.29) is 24.9 Å². The maximum Gasteiger partial charge on any atom is 0.408 e. The Kier molecular flexibility index (Phi) is 6.24. The van der Waals surface area contributed by atoms with Gasteiger partial charge < -0.3 is 24.6 Å². The quantitative estimate of drug-likeness (QED) is 0.561. The number of ether oxygens (including phenoxy) is 2. The van der Waals surface area contributed by atoms with Crippen LogP contribution in [0.4, 0.5) is 4.79 Å². The summed E-state index contributed by atoms with van der Waals surface area (Å²) < 4.78 is 9.92. The van der Waals surface area contributed by atoms with Crippen molar-refractivity contribution in [2.24, 2.45) is 0 Å². The van der Waals surface area contributed by atoms with Crippen molar-refractivity contribution in [2.75, 3.05) is 26.7 Å². The monoisotopic (exact) mass is 431 g/mol. The van der Waals surface area contributed by atoms with Crippen LogP contribution in [0.15, 0.2) is 30.3 Å². The summed E-state index contributed by atoms with van der Waals surface area (Å²) in [5, 5.41) is 2.47. The normalized spacial score (nSPS) is 22.8. The first-order valence-electron chi connectivity index (χ1n) is 10.3. The van der Waals surface area contributed by atoms with Crippen LogP contribution in [-0.2, 0) is 23.9 Å². The Morgan fingerprint density at radius 1 is 1.19 bits per heavy atom. The lowest BCUT2D eigenvalue weighted by atomic mass is 9.73. The van der Waals surface area contributed by atoms with Gasteiger partial charge in [0, 0.05) is 6.54 Å². The van der Waals surface area contributed by atoms with Crippen molar-refractivity contribution in [2.45, 2.75) is 50.8 Å². The van der Waals surface area contributed by atoms with Crippen molar-refractivity contribution in [3.05, 3.63) is 35.9 Å². The predicted octanol–water partition coefficient (Wildman–Crippen LogP) is 1.63. The van der Waals surface area contributed by atoms with E-state index in [9.17, 15) is 19.2 Å². The number of likely N-dealkylation sites (tertiary alicyclic amines) is 2. The van der Waals surface area contributed by atoms with Gasteiger partial charge in [0.2, 0.25) is 5.91 Å². The number of β-lactam (4-membered cyclic amide) rings is 1. The molecule has 3 rings (SSSR count). The molecule has 2 atom stereocenters. The lowest BCUT2D eigenvalue weighted by Crippen LogP contribution is -2.75. The van der Waals surface area contributed by atoms with Gasteiger partial charge in [-0.05, 0) is 39.2 Å². The zero-order valence-corrected chi connectivity index (χ0v) is 18.3. The maximum absolute atomic E-state index is 13.3. The lowest BCUT2D eigenvalue weighted by Gasteiger charge is -2.57. The molecule has 0 bridgehead atoms. The maximum atomic E-state index is 13.3. The second-order valence-electron chi connectivity index (χ2n) is 8.75. The number of hydrogen-bond donors (Lipinski definition) is 1. The second-order valence-corrected chi connectivity index (χ2v) is 8.75. The van der Waals surface area contributed by atoms with Crippen LogP contribution in [0.25, 0.3) is 0 Å². The van der Waals surface area contributed by atoms with Crippen LogP contribution in [0.1, 0.15) is 45.2 Å². The molecule has 1 aromatic rings. The molecule has 3 amide bonds. The van der Waals surface area contributed by atoms with Gasteiger partial charge >= 0.3 is 12.1 Å². The summed E-state index contributed by atoms with van der Waals surface area (Å²) in [4.78, 5) is 53.1. The van der Waals surface area contributed by atoms with Gasteiger partial charge in [0.1, 0.15) is 24.2 Å². The summed E-state index contributed by atoms with van der Waals surface area (Å²) in [6, 6.07) is 8.87. The van der Waals surface area contributed by atoms with Gasteiger partial charge in [0.05, 0.1) is 13.2 Å². The minimum Gasteiger partial charge on any atom is -0.468 e. The first-order valence-corrected chi connectivity index (χ1v) is 10.3. The van der Waals surface area contributed by atoms with E-state index in [0.717, 1.165) is 5.56 Å². The zero-order valence-electron chi connectivity index (χ0n) is 18.3. The van der Waals surface area contributed by atoms with Crippen molar-refractivity contribution in [3.8, 4) is 0 Å². The van der Waals surface area contributed by atoms with Crippen molar-refractivity contribution < 1.29 is 28.7 Å². The summed E-state index contributed by atoms with van der Waals surface area (Å²) in [6.45, 7) is 5.14. The molecule has 9 heteroatoms. The Morgan fingerprint density at radius 3 is 2.48 bits per heavy atom. The Labute approximate surface area is 181 Å². The van der Waals surface area contributed by atoms with Crippen LogP contribution in [0.5, 0.6) is 0 Å². The standard InChI is InChI=1S/C22H29N3O6/c1-21(2,3)31-20(29)23-13-16(26)25-12-8-11-22(25)18(15-9-6-5-7-10-15)24(19(22)28)14-17(27)30-4/h5-7,9-10,18H,8,11-14H2,1-4H3,(H,23,29)/t18-,22+/m0/s1. The fourth-order valence-corrected chi connectivity index (χ4v) is 4.38. The number of alkyl carbamates (subject to hydrolysis) is 1. The molecule has 1 spiro atoms. The van der Waals surface area contributed by atoms with Crippen LogP contribution in [-0.4, -0.2) is 71.6 Å². The largest absolute Gasteiger partial charge is 0.468 e.